The molecule has 0 saturated heterocycles. The molecule has 72 valence electrons. The third-order valence-corrected chi connectivity index (χ3v) is 1.66. The molecule has 1 N–H and O–H groups in total. The van der Waals surface area contributed by atoms with Gasteiger partial charge in [0.2, 0.25) is 5.82 Å². The van der Waals surface area contributed by atoms with Crippen molar-refractivity contribution in [3.63, 3.8) is 0 Å². The summed E-state index contributed by atoms with van der Waals surface area (Å²) in [5.41, 5.74) is -1.72. The molecule has 1 aromatic heterocycles. The van der Waals surface area contributed by atoms with E-state index in [9.17, 15) is 14.0 Å². The second kappa shape index (κ2) is 3.53. The largest absolute Gasteiger partial charge is 0.361 e. The number of nitrogens with zero attached hydrogens (tertiary/aromatic N) is 1. The Morgan fingerprint density at radius 1 is 1.62 bits per heavy atom. The maximum Gasteiger partial charge on any atom is 0.330 e. The standard InChI is InChI=1S/C7H9FN2O3/c1-4(13-2)10-3-5(8)6(11)9-7(10)12/h3-4H,1-2H3,(H,9,11,12). The highest BCUT2D eigenvalue weighted by molar-refractivity contribution is 4.87. The number of methoxy groups -OCH3 is 1. The van der Waals surface area contributed by atoms with Crippen LogP contribution in [-0.4, -0.2) is 16.7 Å². The van der Waals surface area contributed by atoms with Gasteiger partial charge in [0.1, 0.15) is 6.23 Å². The quantitative estimate of drug-likeness (QED) is 0.701. The average Bonchev–Trinajstić information content (AvgIpc) is 2.10. The first-order valence-electron chi connectivity index (χ1n) is 3.60. The molecule has 1 atom stereocenters. The van der Waals surface area contributed by atoms with Gasteiger partial charge in [-0.2, -0.15) is 4.39 Å². The summed E-state index contributed by atoms with van der Waals surface area (Å²) in [5.74, 6) is -1.01. The number of hydrogen-bond donors (Lipinski definition) is 1. The van der Waals surface area contributed by atoms with Gasteiger partial charge in [0.25, 0.3) is 5.56 Å². The van der Waals surface area contributed by atoms with Crippen LogP contribution in [-0.2, 0) is 4.74 Å². The van der Waals surface area contributed by atoms with Gasteiger partial charge in [0.15, 0.2) is 0 Å². The van der Waals surface area contributed by atoms with Gasteiger partial charge in [0.05, 0.1) is 6.20 Å². The highest BCUT2D eigenvalue weighted by Gasteiger charge is 2.08. The van der Waals surface area contributed by atoms with Gasteiger partial charge >= 0.3 is 5.69 Å². The van der Waals surface area contributed by atoms with Crippen LogP contribution in [0.1, 0.15) is 13.2 Å². The smallest absolute Gasteiger partial charge is 0.330 e. The molecule has 0 bridgehead atoms. The molecule has 0 saturated carbocycles. The minimum Gasteiger partial charge on any atom is -0.361 e. The third kappa shape index (κ3) is 1.83. The van der Waals surface area contributed by atoms with Gasteiger partial charge in [-0.3, -0.25) is 14.3 Å². The Bertz CT molecular complexity index is 409. The summed E-state index contributed by atoms with van der Waals surface area (Å²) >= 11 is 0. The van der Waals surface area contributed by atoms with Crippen molar-refractivity contribution in [2.75, 3.05) is 7.11 Å². The molecule has 0 aliphatic carbocycles. The van der Waals surface area contributed by atoms with Crippen LogP contribution in [0.4, 0.5) is 4.39 Å². The molecule has 1 heterocycles. The van der Waals surface area contributed by atoms with E-state index in [-0.39, 0.29) is 0 Å². The van der Waals surface area contributed by atoms with Crippen molar-refractivity contribution in [1.82, 2.24) is 9.55 Å². The van der Waals surface area contributed by atoms with Gasteiger partial charge in [-0.25, -0.2) is 4.79 Å². The van der Waals surface area contributed by atoms with Crippen LogP contribution in [0.5, 0.6) is 0 Å². The zero-order valence-corrected chi connectivity index (χ0v) is 7.20. The van der Waals surface area contributed by atoms with E-state index < -0.39 is 23.3 Å². The summed E-state index contributed by atoms with van der Waals surface area (Å²) in [6.07, 6.45) is 0.203. The van der Waals surface area contributed by atoms with Crippen molar-refractivity contribution in [3.8, 4) is 0 Å². The van der Waals surface area contributed by atoms with Crippen molar-refractivity contribution in [2.45, 2.75) is 13.2 Å². The van der Waals surface area contributed by atoms with E-state index >= 15 is 0 Å². The van der Waals surface area contributed by atoms with Gasteiger partial charge < -0.3 is 4.74 Å². The molecule has 1 unspecified atom stereocenters. The van der Waals surface area contributed by atoms with Crippen LogP contribution in [0.2, 0.25) is 0 Å². The molecule has 0 aliphatic rings. The molecular formula is C7H9FN2O3. The second-order valence-corrected chi connectivity index (χ2v) is 2.48. The first-order chi connectivity index (χ1) is 6.06. The molecule has 0 spiro atoms. The Morgan fingerprint density at radius 3 is 2.77 bits per heavy atom. The van der Waals surface area contributed by atoms with Crippen molar-refractivity contribution in [3.05, 3.63) is 32.9 Å². The van der Waals surface area contributed by atoms with Crippen molar-refractivity contribution in [2.24, 2.45) is 0 Å². The van der Waals surface area contributed by atoms with Gasteiger partial charge in [0, 0.05) is 7.11 Å². The highest BCUT2D eigenvalue weighted by Crippen LogP contribution is 2.00. The summed E-state index contributed by atoms with van der Waals surface area (Å²) in [6.45, 7) is 1.55. The second-order valence-electron chi connectivity index (χ2n) is 2.48. The van der Waals surface area contributed by atoms with E-state index in [2.05, 4.69) is 0 Å². The SMILES string of the molecule is COC(C)n1cc(F)c(=O)[nH]c1=O. The number of nitrogens with one attached hydrogen (secondary N) is 1. The molecule has 0 aliphatic heterocycles. The average molecular weight is 188 g/mol. The molecule has 0 radical (unpaired) electrons. The fourth-order valence-electron chi connectivity index (χ4n) is 0.844. The maximum absolute atomic E-state index is 12.7. The minimum absolute atomic E-state index is 0.612. The van der Waals surface area contributed by atoms with E-state index in [0.717, 1.165) is 10.8 Å². The van der Waals surface area contributed by atoms with Crippen LogP contribution in [0.3, 0.4) is 0 Å². The van der Waals surface area contributed by atoms with E-state index in [1.807, 2.05) is 4.98 Å². The molecule has 1 aromatic rings. The molecule has 0 amide bonds. The Morgan fingerprint density at radius 2 is 2.23 bits per heavy atom. The zero-order valence-electron chi connectivity index (χ0n) is 7.20. The Balaban J connectivity index is 3.32. The van der Waals surface area contributed by atoms with Gasteiger partial charge in [-0.15, -0.1) is 0 Å². The van der Waals surface area contributed by atoms with Gasteiger partial charge in [-0.05, 0) is 6.92 Å². The lowest BCUT2D eigenvalue weighted by Gasteiger charge is -2.11. The fourth-order valence-corrected chi connectivity index (χ4v) is 0.844. The van der Waals surface area contributed by atoms with Crippen LogP contribution < -0.4 is 11.2 Å². The van der Waals surface area contributed by atoms with Crippen LogP contribution in [0.25, 0.3) is 0 Å². The number of ether oxygens (including phenoxy) is 1. The minimum atomic E-state index is -1.02. The lowest BCUT2D eigenvalue weighted by Crippen LogP contribution is -2.33. The summed E-state index contributed by atoms with van der Waals surface area (Å²) in [5, 5.41) is 0. The predicted octanol–water partition coefficient (Wildman–Crippen LogP) is -0.159. The molecular weight excluding hydrogens is 179 g/mol. The van der Waals surface area contributed by atoms with Gasteiger partial charge in [-0.1, -0.05) is 0 Å². The van der Waals surface area contributed by atoms with Crippen molar-refractivity contribution in [1.29, 1.82) is 0 Å². The zero-order chi connectivity index (χ0) is 10.0. The Labute approximate surface area is 72.8 Å². The summed E-state index contributed by atoms with van der Waals surface area (Å²) in [7, 11) is 1.38. The lowest BCUT2D eigenvalue weighted by atomic mass is 10.5. The number of H-pyrrole nitrogens is 1. The molecule has 6 heteroatoms. The van der Waals surface area contributed by atoms with E-state index in [0.29, 0.717) is 0 Å². The predicted molar refractivity (Wildman–Crippen MR) is 43.0 cm³/mol. The van der Waals surface area contributed by atoms with Crippen LogP contribution in [0.15, 0.2) is 15.8 Å². The van der Waals surface area contributed by atoms with E-state index in [1.165, 1.54) is 7.11 Å². The number of rotatable bonds is 2. The van der Waals surface area contributed by atoms with Crippen LogP contribution in [0, 0.1) is 5.82 Å². The first-order valence-corrected chi connectivity index (χ1v) is 3.60. The fraction of sp³-hybridized carbons (Fsp3) is 0.429. The number of hydrogen-bond acceptors (Lipinski definition) is 3. The van der Waals surface area contributed by atoms with Crippen molar-refractivity contribution >= 4 is 0 Å². The summed E-state index contributed by atoms with van der Waals surface area (Å²) in [4.78, 5) is 23.5. The molecule has 1 rings (SSSR count). The number of aromatic amines is 1. The van der Waals surface area contributed by atoms with E-state index in [4.69, 9.17) is 4.74 Å². The number of aromatic nitrogens is 2. The Kier molecular flexibility index (Phi) is 2.62. The van der Waals surface area contributed by atoms with E-state index in [1.54, 1.807) is 6.92 Å². The summed E-state index contributed by atoms with van der Waals surface area (Å²) < 4.78 is 18.4. The maximum atomic E-state index is 12.7. The molecule has 0 aromatic carbocycles. The Hall–Kier alpha value is -1.43. The molecule has 0 fully saturated rings. The monoisotopic (exact) mass is 188 g/mol. The lowest BCUT2D eigenvalue weighted by molar-refractivity contribution is 0.0553. The van der Waals surface area contributed by atoms with Crippen molar-refractivity contribution < 1.29 is 9.13 Å². The highest BCUT2D eigenvalue weighted by atomic mass is 19.1. The first kappa shape index (κ1) is 9.66. The normalized spacial score (nSPS) is 12.8. The third-order valence-electron chi connectivity index (χ3n) is 1.66. The molecule has 13 heavy (non-hydrogen) atoms. The topological polar surface area (TPSA) is 64.1 Å². The summed E-state index contributed by atoms with van der Waals surface area (Å²) in [6, 6.07) is 0. The molecule has 5 nitrogen and oxygen atoms in total. The van der Waals surface area contributed by atoms with Crippen LogP contribution >= 0.6 is 0 Å². The number of halogens is 1.